The number of benzene rings is 2. The molecule has 0 saturated heterocycles. The predicted octanol–water partition coefficient (Wildman–Crippen LogP) is 6.29. The van der Waals surface area contributed by atoms with Crippen molar-refractivity contribution in [2.24, 2.45) is 0 Å². The number of anilines is 1. The highest BCUT2D eigenvalue weighted by Crippen LogP contribution is 2.41. The summed E-state index contributed by atoms with van der Waals surface area (Å²) in [6.07, 6.45) is 3.24. The van der Waals surface area contributed by atoms with Gasteiger partial charge in [-0.2, -0.15) is 0 Å². The first-order valence-corrected chi connectivity index (χ1v) is 8.40. The van der Waals surface area contributed by atoms with Gasteiger partial charge in [0.2, 0.25) is 0 Å². The van der Waals surface area contributed by atoms with E-state index in [1.54, 1.807) is 54.7 Å². The Hall–Kier alpha value is -1.14. The smallest absolute Gasteiger partial charge is 0.164 e. The number of hydrogen-bond acceptors (Lipinski definition) is 3. The van der Waals surface area contributed by atoms with Gasteiger partial charge in [-0.05, 0) is 30.3 Å². The van der Waals surface area contributed by atoms with Crippen molar-refractivity contribution >= 4 is 52.1 Å². The summed E-state index contributed by atoms with van der Waals surface area (Å²) in [5.41, 5.74) is 0.704. The van der Waals surface area contributed by atoms with Gasteiger partial charge in [-0.1, -0.05) is 46.4 Å². The average molecular weight is 406 g/mol. The van der Waals surface area contributed by atoms with Crippen molar-refractivity contribution in [2.45, 2.75) is 0 Å². The molecule has 0 amide bonds. The molecule has 3 rings (SSSR count). The van der Waals surface area contributed by atoms with Gasteiger partial charge < -0.3 is 14.6 Å². The molecule has 0 saturated carbocycles. The third-order valence-corrected chi connectivity index (χ3v) is 4.36. The lowest BCUT2D eigenvalue weighted by atomic mass is 10.2. The van der Waals surface area contributed by atoms with Gasteiger partial charge in [0.25, 0.3) is 0 Å². The van der Waals surface area contributed by atoms with Crippen LogP contribution in [0.2, 0.25) is 20.1 Å². The molecular formula is C16H12Cl4N2O2. The SMILES string of the molecule is C[N+]1([O-])C=CN(c2cc(Cl)c(Oc3cc(Cl)cc(Cl)c3)c(Cl)c2)C1. The zero-order valence-electron chi connectivity index (χ0n) is 12.5. The summed E-state index contributed by atoms with van der Waals surface area (Å²) >= 11 is 24.5. The van der Waals surface area contributed by atoms with Crippen molar-refractivity contribution in [3.8, 4) is 11.5 Å². The molecule has 0 N–H and O–H groups in total. The van der Waals surface area contributed by atoms with E-state index in [1.165, 1.54) is 0 Å². The Bertz CT molecular complexity index is 780. The first-order valence-electron chi connectivity index (χ1n) is 6.89. The molecule has 0 fully saturated rings. The van der Waals surface area contributed by atoms with Gasteiger partial charge in [-0.3, -0.25) is 4.90 Å². The van der Waals surface area contributed by atoms with E-state index >= 15 is 0 Å². The number of rotatable bonds is 3. The molecule has 0 aromatic heterocycles. The van der Waals surface area contributed by atoms with Crippen LogP contribution < -0.4 is 9.64 Å². The molecule has 2 aromatic carbocycles. The van der Waals surface area contributed by atoms with E-state index in [9.17, 15) is 5.21 Å². The zero-order valence-corrected chi connectivity index (χ0v) is 15.5. The maximum absolute atomic E-state index is 11.9. The minimum Gasteiger partial charge on any atom is -0.627 e. The monoisotopic (exact) mass is 404 g/mol. The minimum atomic E-state index is -0.492. The van der Waals surface area contributed by atoms with Crippen LogP contribution in [0.1, 0.15) is 0 Å². The van der Waals surface area contributed by atoms with Crippen molar-refractivity contribution in [2.75, 3.05) is 18.6 Å². The Labute approximate surface area is 159 Å². The van der Waals surface area contributed by atoms with Crippen LogP contribution >= 0.6 is 46.4 Å². The third kappa shape index (κ3) is 3.91. The summed E-state index contributed by atoms with van der Waals surface area (Å²) < 4.78 is 5.23. The number of hydrogen-bond donors (Lipinski definition) is 0. The molecular weight excluding hydrogens is 394 g/mol. The van der Waals surface area contributed by atoms with Crippen molar-refractivity contribution in [1.29, 1.82) is 0 Å². The second-order valence-corrected chi connectivity index (χ2v) is 7.22. The fourth-order valence-corrected chi connectivity index (χ4v) is 3.36. The van der Waals surface area contributed by atoms with Gasteiger partial charge in [0.1, 0.15) is 11.9 Å². The maximum atomic E-state index is 11.9. The Morgan fingerprint density at radius 2 is 1.58 bits per heavy atom. The highest BCUT2D eigenvalue weighted by atomic mass is 35.5. The first-order chi connectivity index (χ1) is 11.2. The number of ether oxygens (including phenoxy) is 1. The normalized spacial score (nSPS) is 19.8. The molecule has 0 spiro atoms. The van der Waals surface area contributed by atoms with Crippen molar-refractivity contribution < 1.29 is 9.38 Å². The van der Waals surface area contributed by atoms with Crippen LogP contribution in [0, 0.1) is 5.21 Å². The Kier molecular flexibility index (Phi) is 4.89. The van der Waals surface area contributed by atoms with Crippen molar-refractivity contribution in [1.82, 2.24) is 0 Å². The standard InChI is InChI=1S/C16H12Cl4N2O2/c1-22(23)3-2-21(9-22)12-7-14(19)16(15(20)8-12)24-13-5-10(17)4-11(18)6-13/h2-8H,9H2,1H3. The highest BCUT2D eigenvalue weighted by Gasteiger charge is 2.22. The van der Waals surface area contributed by atoms with Crippen LogP contribution in [-0.4, -0.2) is 18.4 Å². The van der Waals surface area contributed by atoms with Crippen LogP contribution in [0.3, 0.4) is 0 Å². The fourth-order valence-electron chi connectivity index (χ4n) is 2.30. The summed E-state index contributed by atoms with van der Waals surface area (Å²) in [6.45, 7) is 0.247. The van der Waals surface area contributed by atoms with E-state index in [1.807, 2.05) is 0 Å². The number of quaternary nitrogens is 1. The summed E-state index contributed by atoms with van der Waals surface area (Å²) in [4.78, 5) is 1.77. The minimum absolute atomic E-state index is 0.247. The molecule has 1 aliphatic heterocycles. The number of halogens is 4. The Morgan fingerprint density at radius 3 is 2.08 bits per heavy atom. The van der Waals surface area contributed by atoms with Crippen molar-refractivity contribution in [3.63, 3.8) is 0 Å². The van der Waals surface area contributed by atoms with E-state index in [4.69, 9.17) is 51.1 Å². The molecule has 8 heteroatoms. The summed E-state index contributed by atoms with van der Waals surface area (Å²) in [5, 5.41) is 13.4. The summed E-state index contributed by atoms with van der Waals surface area (Å²) in [6, 6.07) is 8.18. The largest absolute Gasteiger partial charge is 0.627 e. The lowest BCUT2D eigenvalue weighted by Crippen LogP contribution is -2.35. The number of nitrogens with zero attached hydrogens (tertiary/aromatic N) is 2. The molecule has 2 aromatic rings. The number of hydroxylamine groups is 3. The van der Waals surface area contributed by atoms with E-state index in [0.717, 1.165) is 0 Å². The van der Waals surface area contributed by atoms with Gasteiger partial charge in [0.15, 0.2) is 12.4 Å². The second kappa shape index (κ2) is 6.64. The van der Waals surface area contributed by atoms with E-state index in [2.05, 4.69) is 0 Å². The van der Waals surface area contributed by atoms with Crippen LogP contribution in [0.25, 0.3) is 0 Å². The average Bonchev–Trinajstić information content (AvgIpc) is 2.82. The highest BCUT2D eigenvalue weighted by molar-refractivity contribution is 6.37. The lowest BCUT2D eigenvalue weighted by molar-refractivity contribution is -0.800. The van der Waals surface area contributed by atoms with Gasteiger partial charge >= 0.3 is 0 Å². The molecule has 1 atom stereocenters. The van der Waals surface area contributed by atoms with Gasteiger partial charge in [-0.15, -0.1) is 0 Å². The third-order valence-electron chi connectivity index (χ3n) is 3.37. The topological polar surface area (TPSA) is 35.5 Å². The predicted molar refractivity (Wildman–Crippen MR) is 99.0 cm³/mol. The summed E-state index contributed by atoms with van der Waals surface area (Å²) in [7, 11) is 1.56. The maximum Gasteiger partial charge on any atom is 0.164 e. The van der Waals surface area contributed by atoms with Crippen LogP contribution in [0.5, 0.6) is 11.5 Å². The van der Waals surface area contributed by atoms with Gasteiger partial charge in [0, 0.05) is 15.7 Å². The van der Waals surface area contributed by atoms with Gasteiger partial charge in [-0.25, -0.2) is 0 Å². The van der Waals surface area contributed by atoms with E-state index in [0.29, 0.717) is 37.3 Å². The zero-order chi connectivity index (χ0) is 17.5. The van der Waals surface area contributed by atoms with Crippen molar-refractivity contribution in [3.05, 3.63) is 68.0 Å². The molecule has 0 radical (unpaired) electrons. The Morgan fingerprint density at radius 1 is 1.00 bits per heavy atom. The molecule has 1 unspecified atom stereocenters. The second-order valence-electron chi connectivity index (χ2n) is 5.53. The van der Waals surface area contributed by atoms with Crippen LogP contribution in [-0.2, 0) is 0 Å². The molecule has 1 heterocycles. The van der Waals surface area contributed by atoms with Crippen LogP contribution in [0.4, 0.5) is 5.69 Å². The van der Waals surface area contributed by atoms with E-state index in [-0.39, 0.29) is 6.67 Å². The quantitative estimate of drug-likeness (QED) is 0.444. The first kappa shape index (κ1) is 17.7. The molecule has 126 valence electrons. The molecule has 0 bridgehead atoms. The summed E-state index contributed by atoms with van der Waals surface area (Å²) in [5.74, 6) is 0.719. The Balaban J connectivity index is 1.89. The molecule has 24 heavy (non-hydrogen) atoms. The molecule has 0 aliphatic carbocycles. The van der Waals surface area contributed by atoms with Crippen LogP contribution in [0.15, 0.2) is 42.7 Å². The molecule has 1 aliphatic rings. The van der Waals surface area contributed by atoms with E-state index < -0.39 is 4.65 Å². The van der Waals surface area contributed by atoms with Gasteiger partial charge in [0.05, 0.1) is 23.3 Å². The fraction of sp³-hybridized carbons (Fsp3) is 0.125. The molecule has 4 nitrogen and oxygen atoms in total. The lowest BCUT2D eigenvalue weighted by Gasteiger charge is -2.32.